The van der Waals surface area contributed by atoms with Gasteiger partial charge in [-0.15, -0.1) is 18.3 Å². The van der Waals surface area contributed by atoms with Crippen molar-refractivity contribution >= 4 is 58.2 Å². The number of benzene rings is 3. The normalized spacial score (nSPS) is 15.3. The first-order valence-corrected chi connectivity index (χ1v) is 11.4. The topological polar surface area (TPSA) is 73.3 Å². The third-order valence-corrected chi connectivity index (χ3v) is 5.67. The van der Waals surface area contributed by atoms with Gasteiger partial charge in [-0.3, -0.25) is 16.3 Å². The van der Waals surface area contributed by atoms with E-state index in [0.717, 1.165) is 12.1 Å². The van der Waals surface area contributed by atoms with Gasteiger partial charge in [0.05, 0.1) is 38.2 Å². The molecule has 3 N–H and O–H groups in total. The molecular weight excluding hydrogens is 559 g/mol. The zero-order chi connectivity index (χ0) is 26.6. The number of anilines is 1. The van der Waals surface area contributed by atoms with E-state index in [4.69, 9.17) is 34.8 Å². The Hall–Kier alpha value is -3.51. The van der Waals surface area contributed by atoms with Gasteiger partial charge in [0.2, 0.25) is 0 Å². The van der Waals surface area contributed by atoms with Crippen molar-refractivity contribution in [1.29, 1.82) is 0 Å². The number of ether oxygens (including phenoxy) is 1. The molecule has 0 saturated heterocycles. The molecule has 192 valence electrons. The lowest BCUT2D eigenvalue weighted by Gasteiger charge is -2.31. The summed E-state index contributed by atoms with van der Waals surface area (Å²) >= 11 is 18.3. The van der Waals surface area contributed by atoms with Crippen molar-refractivity contribution in [3.8, 4) is 5.75 Å². The molecule has 0 fully saturated rings. The maximum absolute atomic E-state index is 14.6. The quantitative estimate of drug-likeness (QED) is 0.172. The molecule has 14 heteroatoms. The number of amidine groups is 1. The van der Waals surface area contributed by atoms with Crippen molar-refractivity contribution in [3.05, 3.63) is 98.8 Å². The maximum Gasteiger partial charge on any atom is 0.573 e. The predicted molar refractivity (Wildman–Crippen MR) is 136 cm³/mol. The van der Waals surface area contributed by atoms with Crippen molar-refractivity contribution in [2.75, 3.05) is 5.43 Å². The van der Waals surface area contributed by atoms with Crippen LogP contribution in [0.25, 0.3) is 5.70 Å². The number of hydrogen-bond acceptors (Lipinski definition) is 6. The van der Waals surface area contributed by atoms with E-state index in [1.165, 1.54) is 47.8 Å². The summed E-state index contributed by atoms with van der Waals surface area (Å²) in [5, 5.41) is 10.1. The van der Waals surface area contributed by atoms with E-state index in [1.54, 1.807) is 18.2 Å². The van der Waals surface area contributed by atoms with Crippen LogP contribution >= 0.6 is 34.8 Å². The fourth-order valence-electron chi connectivity index (χ4n) is 3.06. The SMILES string of the molecule is Fc1cccc(Cl)c1C1=CC(=NN=Cc2ccc(OC(F)(F)F)cc2)NN(Nc2ccc(Cl)c(Cl)c2)N1. The average molecular weight is 574 g/mol. The standard InChI is InChI=1S/C23H15Cl3F4N6O/c24-16-9-6-14(10-18(16)26)33-36-34-20(22-17(25)2-1-3-19(22)27)11-21(35-36)32-31-12-13-4-7-15(8-5-13)37-23(28,29)30/h1-12,33-34H,(H,32,35). The highest BCUT2D eigenvalue weighted by atomic mass is 35.5. The zero-order valence-corrected chi connectivity index (χ0v) is 20.6. The fraction of sp³-hybridized carbons (Fsp3) is 0.0435. The smallest absolute Gasteiger partial charge is 0.406 e. The van der Waals surface area contributed by atoms with E-state index in [9.17, 15) is 17.6 Å². The fourth-order valence-corrected chi connectivity index (χ4v) is 3.63. The van der Waals surface area contributed by atoms with Crippen LogP contribution in [0.3, 0.4) is 0 Å². The second-order valence-corrected chi connectivity index (χ2v) is 8.52. The van der Waals surface area contributed by atoms with Crippen molar-refractivity contribution in [3.63, 3.8) is 0 Å². The van der Waals surface area contributed by atoms with Gasteiger partial charge in [0, 0.05) is 6.08 Å². The van der Waals surface area contributed by atoms with Gasteiger partial charge < -0.3 is 4.74 Å². The largest absolute Gasteiger partial charge is 0.573 e. The van der Waals surface area contributed by atoms with Gasteiger partial charge in [-0.2, -0.15) is 5.10 Å². The van der Waals surface area contributed by atoms with Gasteiger partial charge in [-0.1, -0.05) is 40.9 Å². The first-order valence-electron chi connectivity index (χ1n) is 10.3. The summed E-state index contributed by atoms with van der Waals surface area (Å²) in [4.78, 5) is 0. The van der Waals surface area contributed by atoms with Gasteiger partial charge in [0.15, 0.2) is 5.84 Å². The van der Waals surface area contributed by atoms with Crippen LogP contribution < -0.4 is 21.0 Å². The predicted octanol–water partition coefficient (Wildman–Crippen LogP) is 6.81. The molecule has 37 heavy (non-hydrogen) atoms. The number of nitrogens with one attached hydrogen (secondary N) is 3. The summed E-state index contributed by atoms with van der Waals surface area (Å²) in [5.41, 5.74) is 10.1. The minimum Gasteiger partial charge on any atom is -0.406 e. The van der Waals surface area contributed by atoms with Gasteiger partial charge in [-0.25, -0.2) is 4.39 Å². The number of alkyl halides is 3. The minimum absolute atomic E-state index is 0.0866. The lowest BCUT2D eigenvalue weighted by atomic mass is 10.1. The second kappa shape index (κ2) is 11.3. The minimum atomic E-state index is -4.79. The van der Waals surface area contributed by atoms with Crippen LogP contribution in [0.5, 0.6) is 5.75 Å². The van der Waals surface area contributed by atoms with Crippen LogP contribution in [0.2, 0.25) is 15.1 Å². The van der Waals surface area contributed by atoms with Crippen LogP contribution in [-0.4, -0.2) is 23.6 Å². The number of nitrogens with zero attached hydrogens (tertiary/aromatic N) is 3. The molecule has 0 unspecified atom stereocenters. The molecule has 0 atom stereocenters. The molecule has 1 aliphatic heterocycles. The van der Waals surface area contributed by atoms with E-state index in [2.05, 4.69) is 31.2 Å². The number of halogens is 7. The van der Waals surface area contributed by atoms with Crippen molar-refractivity contribution in [2.45, 2.75) is 6.36 Å². The molecule has 1 aliphatic rings. The Morgan fingerprint density at radius 3 is 2.35 bits per heavy atom. The average Bonchev–Trinajstić information content (AvgIpc) is 2.81. The molecule has 0 bridgehead atoms. The highest BCUT2D eigenvalue weighted by molar-refractivity contribution is 6.42. The monoisotopic (exact) mass is 572 g/mol. The molecule has 1 heterocycles. The van der Waals surface area contributed by atoms with Crippen molar-refractivity contribution in [2.24, 2.45) is 10.2 Å². The maximum atomic E-state index is 14.6. The molecule has 0 aromatic heterocycles. The molecule has 7 nitrogen and oxygen atoms in total. The highest BCUT2D eigenvalue weighted by Gasteiger charge is 2.31. The van der Waals surface area contributed by atoms with E-state index >= 15 is 0 Å². The summed E-state index contributed by atoms with van der Waals surface area (Å²) in [6, 6.07) is 14.1. The van der Waals surface area contributed by atoms with Gasteiger partial charge in [0.1, 0.15) is 11.6 Å². The third kappa shape index (κ3) is 7.26. The van der Waals surface area contributed by atoms with Gasteiger partial charge in [0.25, 0.3) is 0 Å². The summed E-state index contributed by atoms with van der Waals surface area (Å²) in [6.45, 7) is 0. The van der Waals surface area contributed by atoms with Crippen LogP contribution in [0.1, 0.15) is 11.1 Å². The molecule has 3 aromatic rings. The Kier molecular flexibility index (Phi) is 8.08. The van der Waals surface area contributed by atoms with Crippen LogP contribution in [0, 0.1) is 5.82 Å². The molecule has 3 aromatic carbocycles. The van der Waals surface area contributed by atoms with E-state index in [-0.39, 0.29) is 27.9 Å². The number of hydrazine groups is 3. The Morgan fingerprint density at radius 2 is 1.68 bits per heavy atom. The molecule has 0 saturated carbocycles. The van der Waals surface area contributed by atoms with E-state index in [1.807, 2.05) is 0 Å². The molecule has 4 rings (SSSR count). The first kappa shape index (κ1) is 26.6. The number of hydrogen-bond donors (Lipinski definition) is 3. The lowest BCUT2D eigenvalue weighted by Crippen LogP contribution is -2.55. The molecule has 0 amide bonds. The van der Waals surface area contributed by atoms with Crippen molar-refractivity contribution < 1.29 is 22.3 Å². The summed E-state index contributed by atoms with van der Waals surface area (Å²) < 4.78 is 55.4. The third-order valence-electron chi connectivity index (χ3n) is 4.62. The summed E-state index contributed by atoms with van der Waals surface area (Å²) in [6.07, 6.45) is -2.01. The Morgan fingerprint density at radius 1 is 0.919 bits per heavy atom. The van der Waals surface area contributed by atoms with Gasteiger partial charge >= 0.3 is 6.36 Å². The Balaban J connectivity index is 1.58. The van der Waals surface area contributed by atoms with Gasteiger partial charge in [-0.05, 0) is 65.4 Å². The van der Waals surface area contributed by atoms with Crippen LogP contribution in [-0.2, 0) is 0 Å². The zero-order valence-electron chi connectivity index (χ0n) is 18.3. The lowest BCUT2D eigenvalue weighted by molar-refractivity contribution is -0.274. The van der Waals surface area contributed by atoms with Crippen molar-refractivity contribution in [1.82, 2.24) is 16.1 Å². The van der Waals surface area contributed by atoms with E-state index in [0.29, 0.717) is 21.3 Å². The van der Waals surface area contributed by atoms with Crippen LogP contribution in [0.4, 0.5) is 23.2 Å². The first-order chi connectivity index (χ1) is 17.6. The molecule has 0 aliphatic carbocycles. The van der Waals surface area contributed by atoms with E-state index < -0.39 is 12.2 Å². The molecule has 0 spiro atoms. The highest BCUT2D eigenvalue weighted by Crippen LogP contribution is 2.28. The Bertz CT molecular complexity index is 1360. The summed E-state index contributed by atoms with van der Waals surface area (Å²) in [7, 11) is 0. The number of rotatable bonds is 6. The molecule has 0 radical (unpaired) electrons. The van der Waals surface area contributed by atoms with Crippen LogP contribution in [0.15, 0.2) is 76.9 Å². The second-order valence-electron chi connectivity index (χ2n) is 7.30. The summed E-state index contributed by atoms with van der Waals surface area (Å²) in [5.74, 6) is -0.782. The molecular formula is C23H15Cl3F4N6O. The Labute approximate surface area is 222 Å².